The van der Waals surface area contributed by atoms with Crippen LogP contribution < -0.4 is 19.3 Å². The molecule has 0 N–H and O–H groups in total. The predicted octanol–water partition coefficient (Wildman–Crippen LogP) is 2.47. The molecule has 18 heavy (non-hydrogen) atoms. The van der Waals surface area contributed by atoms with Gasteiger partial charge in [0.2, 0.25) is 0 Å². The van der Waals surface area contributed by atoms with Gasteiger partial charge in [0.1, 0.15) is 11.3 Å². The standard InChI is InChI=1S/C12H12O5S/c1-14-7-4-5-8-9(6-7)16-12(13)11(17-18-3)10(8)15-2/h4-6H,1-3H3. The number of fused-ring (bicyclic) bond motifs is 1. The lowest BCUT2D eigenvalue weighted by molar-refractivity contribution is 0.390. The van der Waals surface area contributed by atoms with E-state index in [1.165, 1.54) is 7.11 Å². The summed E-state index contributed by atoms with van der Waals surface area (Å²) in [4.78, 5) is 11.8. The molecule has 6 heteroatoms. The highest BCUT2D eigenvalue weighted by Crippen LogP contribution is 2.35. The topological polar surface area (TPSA) is 57.9 Å². The largest absolute Gasteiger partial charge is 0.497 e. The van der Waals surface area contributed by atoms with E-state index in [1.54, 1.807) is 31.6 Å². The molecule has 0 bridgehead atoms. The van der Waals surface area contributed by atoms with Crippen LogP contribution in [0.2, 0.25) is 0 Å². The van der Waals surface area contributed by atoms with Crippen LogP contribution in [0.3, 0.4) is 0 Å². The molecular weight excluding hydrogens is 256 g/mol. The first-order valence-electron chi connectivity index (χ1n) is 5.10. The normalized spacial score (nSPS) is 10.4. The highest BCUT2D eigenvalue weighted by molar-refractivity contribution is 7.94. The van der Waals surface area contributed by atoms with E-state index in [2.05, 4.69) is 0 Å². The number of hydrogen-bond donors (Lipinski definition) is 0. The lowest BCUT2D eigenvalue weighted by Gasteiger charge is -2.09. The van der Waals surface area contributed by atoms with Crippen molar-refractivity contribution in [3.63, 3.8) is 0 Å². The van der Waals surface area contributed by atoms with Gasteiger partial charge in [0.15, 0.2) is 5.75 Å². The molecule has 0 radical (unpaired) electrons. The number of methoxy groups -OCH3 is 2. The van der Waals surface area contributed by atoms with Crippen LogP contribution in [0.5, 0.6) is 17.2 Å². The van der Waals surface area contributed by atoms with E-state index >= 15 is 0 Å². The third kappa shape index (κ3) is 2.11. The summed E-state index contributed by atoms with van der Waals surface area (Å²) in [5.74, 6) is 1.02. The summed E-state index contributed by atoms with van der Waals surface area (Å²) in [5, 5.41) is 0.655. The Morgan fingerprint density at radius 3 is 2.56 bits per heavy atom. The zero-order valence-electron chi connectivity index (χ0n) is 10.2. The lowest BCUT2D eigenvalue weighted by atomic mass is 10.2. The third-order valence-electron chi connectivity index (χ3n) is 2.40. The average molecular weight is 268 g/mol. The van der Waals surface area contributed by atoms with Gasteiger partial charge in [-0.15, -0.1) is 0 Å². The summed E-state index contributed by atoms with van der Waals surface area (Å²) in [6.07, 6.45) is 1.71. The first kappa shape index (κ1) is 12.6. The van der Waals surface area contributed by atoms with Crippen LogP contribution in [-0.4, -0.2) is 20.5 Å². The third-order valence-corrected chi connectivity index (χ3v) is 2.73. The molecule has 0 spiro atoms. The minimum Gasteiger partial charge on any atom is -0.497 e. The van der Waals surface area contributed by atoms with Crippen LogP contribution in [-0.2, 0) is 0 Å². The molecule has 96 valence electrons. The fourth-order valence-corrected chi connectivity index (χ4v) is 1.93. The second kappa shape index (κ2) is 5.22. The van der Waals surface area contributed by atoms with Crippen molar-refractivity contribution in [2.45, 2.75) is 0 Å². The van der Waals surface area contributed by atoms with Crippen molar-refractivity contribution in [1.29, 1.82) is 0 Å². The number of rotatable bonds is 4. The maximum absolute atomic E-state index is 11.8. The van der Waals surface area contributed by atoms with Gasteiger partial charge >= 0.3 is 5.63 Å². The quantitative estimate of drug-likeness (QED) is 0.627. The maximum atomic E-state index is 11.8. The maximum Gasteiger partial charge on any atom is 0.384 e. The van der Waals surface area contributed by atoms with Crippen molar-refractivity contribution in [2.24, 2.45) is 0 Å². The molecule has 0 aliphatic heterocycles. The summed E-state index contributed by atoms with van der Waals surface area (Å²) in [6, 6.07) is 5.14. The molecule has 0 saturated carbocycles. The van der Waals surface area contributed by atoms with E-state index in [9.17, 15) is 4.79 Å². The monoisotopic (exact) mass is 268 g/mol. The Hall–Kier alpha value is -1.82. The molecule has 0 aliphatic carbocycles. The molecule has 0 fully saturated rings. The fraction of sp³-hybridized carbons (Fsp3) is 0.250. The SMILES string of the molecule is COc1ccc2c(OC)c(OSC)c(=O)oc2c1. The zero-order chi connectivity index (χ0) is 13.1. The van der Waals surface area contributed by atoms with Crippen molar-refractivity contribution < 1.29 is 18.1 Å². The van der Waals surface area contributed by atoms with Crippen LogP contribution in [0.1, 0.15) is 0 Å². The summed E-state index contributed by atoms with van der Waals surface area (Å²) in [5.41, 5.74) is -0.188. The Labute approximate surface area is 108 Å². The molecule has 0 saturated heterocycles. The predicted molar refractivity (Wildman–Crippen MR) is 69.7 cm³/mol. The Balaban J connectivity index is 2.75. The molecule has 2 aromatic rings. The molecule has 1 aromatic heterocycles. The minimum absolute atomic E-state index is 0.0580. The molecule has 5 nitrogen and oxygen atoms in total. The molecule has 1 heterocycles. The van der Waals surface area contributed by atoms with Gasteiger partial charge in [-0.2, -0.15) is 0 Å². The Morgan fingerprint density at radius 2 is 1.94 bits per heavy atom. The Morgan fingerprint density at radius 1 is 1.17 bits per heavy atom. The van der Waals surface area contributed by atoms with Crippen LogP contribution in [0.25, 0.3) is 11.0 Å². The summed E-state index contributed by atoms with van der Waals surface area (Å²) in [6.45, 7) is 0. The van der Waals surface area contributed by atoms with E-state index in [4.69, 9.17) is 18.1 Å². The summed E-state index contributed by atoms with van der Waals surface area (Å²) in [7, 11) is 3.02. The van der Waals surface area contributed by atoms with Gasteiger partial charge in [0.25, 0.3) is 5.75 Å². The van der Waals surface area contributed by atoms with Gasteiger partial charge in [-0.3, -0.25) is 0 Å². The van der Waals surface area contributed by atoms with Gasteiger partial charge in [0.05, 0.1) is 31.6 Å². The van der Waals surface area contributed by atoms with Crippen molar-refractivity contribution >= 4 is 23.0 Å². The van der Waals surface area contributed by atoms with Gasteiger partial charge < -0.3 is 18.1 Å². The summed E-state index contributed by atoms with van der Waals surface area (Å²) < 4.78 is 20.7. The zero-order valence-corrected chi connectivity index (χ0v) is 11.0. The molecule has 0 amide bonds. The average Bonchev–Trinajstić information content (AvgIpc) is 2.39. The first-order valence-corrected chi connectivity index (χ1v) is 6.25. The van der Waals surface area contributed by atoms with E-state index < -0.39 is 5.63 Å². The van der Waals surface area contributed by atoms with Crippen LogP contribution in [0, 0.1) is 0 Å². The van der Waals surface area contributed by atoms with E-state index in [0.717, 1.165) is 12.0 Å². The number of benzene rings is 1. The van der Waals surface area contributed by atoms with Gasteiger partial charge in [-0.05, 0) is 12.1 Å². The van der Waals surface area contributed by atoms with E-state index in [0.29, 0.717) is 22.5 Å². The summed E-state index contributed by atoms with van der Waals surface area (Å²) >= 11 is 1.05. The molecule has 0 aliphatic rings. The van der Waals surface area contributed by atoms with Crippen molar-refractivity contribution in [3.8, 4) is 17.2 Å². The van der Waals surface area contributed by atoms with Crippen LogP contribution in [0.15, 0.2) is 27.4 Å². The van der Waals surface area contributed by atoms with Gasteiger partial charge in [-0.25, -0.2) is 4.79 Å². The van der Waals surface area contributed by atoms with E-state index in [1.807, 2.05) is 0 Å². The molecule has 2 rings (SSSR count). The van der Waals surface area contributed by atoms with Crippen molar-refractivity contribution in [1.82, 2.24) is 0 Å². The van der Waals surface area contributed by atoms with Crippen LogP contribution in [0.4, 0.5) is 0 Å². The van der Waals surface area contributed by atoms with Crippen molar-refractivity contribution in [3.05, 3.63) is 28.6 Å². The Bertz CT molecular complexity index is 620. The lowest BCUT2D eigenvalue weighted by Crippen LogP contribution is -2.05. The molecular formula is C12H12O5S. The van der Waals surface area contributed by atoms with Gasteiger partial charge in [-0.1, -0.05) is 0 Å². The van der Waals surface area contributed by atoms with Gasteiger partial charge in [0, 0.05) is 12.3 Å². The molecule has 0 atom stereocenters. The highest BCUT2D eigenvalue weighted by Gasteiger charge is 2.17. The second-order valence-electron chi connectivity index (χ2n) is 3.36. The second-order valence-corrected chi connectivity index (χ2v) is 3.86. The fourth-order valence-electron chi connectivity index (χ4n) is 1.62. The number of hydrogen-bond acceptors (Lipinski definition) is 6. The Kier molecular flexibility index (Phi) is 3.66. The smallest absolute Gasteiger partial charge is 0.384 e. The van der Waals surface area contributed by atoms with Crippen molar-refractivity contribution in [2.75, 3.05) is 20.5 Å². The van der Waals surface area contributed by atoms with E-state index in [-0.39, 0.29) is 5.75 Å². The first-order chi connectivity index (χ1) is 8.71. The highest BCUT2D eigenvalue weighted by atomic mass is 32.2. The molecule has 1 aromatic carbocycles. The molecule has 0 unspecified atom stereocenters. The minimum atomic E-state index is -0.582. The number of ether oxygens (including phenoxy) is 2. The van der Waals surface area contributed by atoms with Crippen LogP contribution >= 0.6 is 12.0 Å².